The predicted octanol–water partition coefficient (Wildman–Crippen LogP) is 4.03. The van der Waals surface area contributed by atoms with E-state index in [4.69, 9.17) is 4.74 Å². The van der Waals surface area contributed by atoms with E-state index in [0.717, 1.165) is 25.3 Å². The second-order valence-electron chi connectivity index (χ2n) is 4.62. The van der Waals surface area contributed by atoms with Crippen LogP contribution >= 0.6 is 15.9 Å². The number of benzene rings is 1. The first-order valence-electron chi connectivity index (χ1n) is 6.74. The molecule has 0 aliphatic heterocycles. The molecule has 18 heavy (non-hydrogen) atoms. The largest absolute Gasteiger partial charge is 0.497 e. The van der Waals surface area contributed by atoms with Crippen LogP contribution in [0.25, 0.3) is 0 Å². The van der Waals surface area contributed by atoms with E-state index in [0.29, 0.717) is 5.92 Å². The van der Waals surface area contributed by atoms with Crippen LogP contribution in [-0.4, -0.2) is 20.2 Å². The number of halogens is 1. The fourth-order valence-corrected chi connectivity index (χ4v) is 2.59. The highest BCUT2D eigenvalue weighted by Crippen LogP contribution is 2.26. The van der Waals surface area contributed by atoms with Crippen molar-refractivity contribution in [2.45, 2.75) is 33.1 Å². The van der Waals surface area contributed by atoms with Crippen molar-refractivity contribution in [3.8, 4) is 5.75 Å². The molecule has 0 aliphatic carbocycles. The predicted molar refractivity (Wildman–Crippen MR) is 81.3 cm³/mol. The van der Waals surface area contributed by atoms with Crippen molar-refractivity contribution in [1.29, 1.82) is 0 Å². The monoisotopic (exact) mass is 313 g/mol. The van der Waals surface area contributed by atoms with Crippen molar-refractivity contribution in [2.24, 2.45) is 5.92 Å². The van der Waals surface area contributed by atoms with Crippen LogP contribution in [0.15, 0.2) is 22.7 Å². The van der Waals surface area contributed by atoms with Gasteiger partial charge in [0.2, 0.25) is 0 Å². The number of methoxy groups -OCH3 is 1. The normalized spacial score (nSPS) is 12.4. The fourth-order valence-electron chi connectivity index (χ4n) is 2.18. The third kappa shape index (κ3) is 4.99. The zero-order valence-corrected chi connectivity index (χ0v) is 13.2. The summed E-state index contributed by atoms with van der Waals surface area (Å²) in [5.74, 6) is 1.63. The molecule has 3 heteroatoms. The van der Waals surface area contributed by atoms with Crippen molar-refractivity contribution < 1.29 is 4.74 Å². The fraction of sp³-hybridized carbons (Fsp3) is 0.600. The van der Waals surface area contributed by atoms with Gasteiger partial charge in [0.25, 0.3) is 0 Å². The number of rotatable bonds is 8. The molecule has 0 bridgehead atoms. The average molecular weight is 314 g/mol. The van der Waals surface area contributed by atoms with Gasteiger partial charge >= 0.3 is 0 Å². The number of nitrogens with one attached hydrogen (secondary N) is 1. The van der Waals surface area contributed by atoms with Crippen LogP contribution in [0.4, 0.5) is 0 Å². The Morgan fingerprint density at radius 3 is 2.72 bits per heavy atom. The van der Waals surface area contributed by atoms with E-state index < -0.39 is 0 Å². The minimum absolute atomic E-state index is 0.693. The zero-order valence-electron chi connectivity index (χ0n) is 11.6. The first kappa shape index (κ1) is 15.5. The van der Waals surface area contributed by atoms with Crippen LogP contribution in [0.2, 0.25) is 0 Å². The van der Waals surface area contributed by atoms with Crippen LogP contribution in [0.5, 0.6) is 5.75 Å². The summed E-state index contributed by atoms with van der Waals surface area (Å²) in [6.07, 6.45) is 3.59. The molecule has 0 amide bonds. The Morgan fingerprint density at radius 2 is 2.11 bits per heavy atom. The Morgan fingerprint density at radius 1 is 1.33 bits per heavy atom. The van der Waals surface area contributed by atoms with Gasteiger partial charge in [0, 0.05) is 4.47 Å². The molecule has 0 aliphatic rings. The van der Waals surface area contributed by atoms with E-state index in [2.05, 4.69) is 47.2 Å². The highest BCUT2D eigenvalue weighted by atomic mass is 79.9. The minimum Gasteiger partial charge on any atom is -0.497 e. The molecule has 1 atom stereocenters. The molecule has 0 radical (unpaired) electrons. The van der Waals surface area contributed by atoms with Crippen molar-refractivity contribution in [3.63, 3.8) is 0 Å². The number of hydrogen-bond donors (Lipinski definition) is 1. The van der Waals surface area contributed by atoms with Crippen molar-refractivity contribution in [2.75, 3.05) is 20.2 Å². The van der Waals surface area contributed by atoms with E-state index in [9.17, 15) is 0 Å². The van der Waals surface area contributed by atoms with E-state index in [1.54, 1.807) is 7.11 Å². The van der Waals surface area contributed by atoms with Gasteiger partial charge in [-0.15, -0.1) is 0 Å². The Hall–Kier alpha value is -0.540. The molecule has 2 nitrogen and oxygen atoms in total. The van der Waals surface area contributed by atoms with Crippen LogP contribution in [-0.2, 0) is 6.42 Å². The third-order valence-corrected chi connectivity index (χ3v) is 3.92. The molecule has 0 spiro atoms. The Kier molecular flexibility index (Phi) is 7.36. The Labute approximate surface area is 119 Å². The van der Waals surface area contributed by atoms with Crippen LogP contribution in [0.1, 0.15) is 32.3 Å². The second kappa shape index (κ2) is 8.54. The lowest BCUT2D eigenvalue weighted by Crippen LogP contribution is -2.24. The molecule has 0 fully saturated rings. The quantitative estimate of drug-likeness (QED) is 0.782. The van der Waals surface area contributed by atoms with Gasteiger partial charge in [-0.25, -0.2) is 0 Å². The van der Waals surface area contributed by atoms with Gasteiger partial charge in [0.1, 0.15) is 5.75 Å². The Balaban J connectivity index is 2.72. The van der Waals surface area contributed by atoms with Gasteiger partial charge in [-0.05, 0) is 55.6 Å². The van der Waals surface area contributed by atoms with Crippen molar-refractivity contribution in [1.82, 2.24) is 5.32 Å². The van der Waals surface area contributed by atoms with E-state index >= 15 is 0 Å². The molecule has 1 unspecified atom stereocenters. The average Bonchev–Trinajstić information content (AvgIpc) is 2.38. The topological polar surface area (TPSA) is 21.3 Å². The third-order valence-electron chi connectivity index (χ3n) is 3.14. The smallest absolute Gasteiger partial charge is 0.119 e. The lowest BCUT2D eigenvalue weighted by atomic mass is 9.95. The first-order valence-corrected chi connectivity index (χ1v) is 7.53. The first-order chi connectivity index (χ1) is 8.71. The summed E-state index contributed by atoms with van der Waals surface area (Å²) in [5.41, 5.74) is 1.34. The molecule has 0 heterocycles. The van der Waals surface area contributed by atoms with Crippen molar-refractivity contribution in [3.05, 3.63) is 28.2 Å². The summed E-state index contributed by atoms with van der Waals surface area (Å²) in [4.78, 5) is 0. The maximum Gasteiger partial charge on any atom is 0.119 e. The number of hydrogen-bond acceptors (Lipinski definition) is 2. The Bertz CT molecular complexity index is 354. The van der Waals surface area contributed by atoms with Gasteiger partial charge in [0.15, 0.2) is 0 Å². The molecule has 1 N–H and O–H groups in total. The van der Waals surface area contributed by atoms with Crippen LogP contribution < -0.4 is 10.1 Å². The summed E-state index contributed by atoms with van der Waals surface area (Å²) in [7, 11) is 1.72. The summed E-state index contributed by atoms with van der Waals surface area (Å²) < 4.78 is 6.48. The van der Waals surface area contributed by atoms with Crippen molar-refractivity contribution >= 4 is 15.9 Å². The van der Waals surface area contributed by atoms with Gasteiger partial charge in [-0.1, -0.05) is 36.2 Å². The maximum absolute atomic E-state index is 5.30. The van der Waals surface area contributed by atoms with Gasteiger partial charge < -0.3 is 10.1 Å². The van der Waals surface area contributed by atoms with E-state index in [-0.39, 0.29) is 0 Å². The van der Waals surface area contributed by atoms with E-state index in [1.165, 1.54) is 22.9 Å². The molecule has 1 aromatic rings. The molecular weight excluding hydrogens is 290 g/mol. The molecule has 102 valence electrons. The zero-order chi connectivity index (χ0) is 13.4. The van der Waals surface area contributed by atoms with E-state index in [1.807, 2.05) is 6.07 Å². The molecule has 0 aromatic heterocycles. The summed E-state index contributed by atoms with van der Waals surface area (Å²) in [6, 6.07) is 6.20. The maximum atomic E-state index is 5.30. The lowest BCUT2D eigenvalue weighted by molar-refractivity contribution is 0.411. The van der Waals surface area contributed by atoms with Crippen LogP contribution in [0.3, 0.4) is 0 Å². The molecule has 0 saturated heterocycles. The standard InChI is InChI=1S/C15H24BrNO/c1-4-6-12(11-17-5-2)9-13-10-14(18-3)7-8-15(13)16/h7-8,10,12,17H,4-6,9,11H2,1-3H3. The minimum atomic E-state index is 0.693. The second-order valence-corrected chi connectivity index (χ2v) is 5.48. The summed E-state index contributed by atoms with van der Waals surface area (Å²) >= 11 is 3.63. The van der Waals surface area contributed by atoms with Gasteiger partial charge in [-0.2, -0.15) is 0 Å². The molecular formula is C15H24BrNO. The van der Waals surface area contributed by atoms with Crippen LogP contribution in [0, 0.1) is 5.92 Å². The number of ether oxygens (including phenoxy) is 1. The SMILES string of the molecule is CCCC(CNCC)Cc1cc(OC)ccc1Br. The molecule has 0 saturated carbocycles. The highest BCUT2D eigenvalue weighted by Gasteiger charge is 2.11. The van der Waals surface area contributed by atoms with Gasteiger partial charge in [-0.3, -0.25) is 0 Å². The summed E-state index contributed by atoms with van der Waals surface area (Å²) in [5, 5.41) is 3.45. The summed E-state index contributed by atoms with van der Waals surface area (Å²) in [6.45, 7) is 6.54. The lowest BCUT2D eigenvalue weighted by Gasteiger charge is -2.18. The highest BCUT2D eigenvalue weighted by molar-refractivity contribution is 9.10. The van der Waals surface area contributed by atoms with Gasteiger partial charge in [0.05, 0.1) is 7.11 Å². The molecule has 1 aromatic carbocycles. The molecule has 1 rings (SSSR count).